The standard InChI is InChI=1S/C18H25NO/c1-5-18(3,20-4)17(19-6-2)16-12-11-14-9-7-8-10-15(14)13-16/h7-13,17,19H,5-6H2,1-4H3. The van der Waals surface area contributed by atoms with Crippen LogP contribution in [0, 0.1) is 0 Å². The lowest BCUT2D eigenvalue weighted by molar-refractivity contribution is -0.0295. The zero-order valence-electron chi connectivity index (χ0n) is 12.9. The molecular formula is C18H25NO. The van der Waals surface area contributed by atoms with Crippen LogP contribution in [0.5, 0.6) is 0 Å². The quantitative estimate of drug-likeness (QED) is 0.845. The first-order valence-corrected chi connectivity index (χ1v) is 7.42. The first kappa shape index (κ1) is 15.0. The van der Waals surface area contributed by atoms with Gasteiger partial charge in [0, 0.05) is 7.11 Å². The Kier molecular flexibility index (Phi) is 4.79. The molecule has 108 valence electrons. The van der Waals surface area contributed by atoms with Crippen LogP contribution in [0.2, 0.25) is 0 Å². The first-order chi connectivity index (χ1) is 9.64. The minimum atomic E-state index is -0.196. The molecule has 0 saturated carbocycles. The Morgan fingerprint density at radius 2 is 1.80 bits per heavy atom. The van der Waals surface area contributed by atoms with Gasteiger partial charge in [-0.3, -0.25) is 0 Å². The SMILES string of the molecule is CCNC(c1ccc2ccccc2c1)C(C)(CC)OC. The van der Waals surface area contributed by atoms with Gasteiger partial charge in [-0.15, -0.1) is 0 Å². The highest BCUT2D eigenvalue weighted by Crippen LogP contribution is 2.33. The average molecular weight is 271 g/mol. The van der Waals surface area contributed by atoms with Crippen molar-refractivity contribution in [2.75, 3.05) is 13.7 Å². The molecule has 2 heteroatoms. The number of ether oxygens (including phenoxy) is 1. The lowest BCUT2D eigenvalue weighted by atomic mass is 9.86. The number of methoxy groups -OCH3 is 1. The highest BCUT2D eigenvalue weighted by atomic mass is 16.5. The van der Waals surface area contributed by atoms with Gasteiger partial charge in [0.05, 0.1) is 11.6 Å². The van der Waals surface area contributed by atoms with Crippen LogP contribution in [0.4, 0.5) is 0 Å². The Bertz CT molecular complexity index is 560. The van der Waals surface area contributed by atoms with Gasteiger partial charge in [0.25, 0.3) is 0 Å². The summed E-state index contributed by atoms with van der Waals surface area (Å²) in [4.78, 5) is 0. The van der Waals surface area contributed by atoms with Crippen molar-refractivity contribution in [1.29, 1.82) is 0 Å². The van der Waals surface area contributed by atoms with E-state index in [4.69, 9.17) is 4.74 Å². The van der Waals surface area contributed by atoms with Gasteiger partial charge in [-0.25, -0.2) is 0 Å². The zero-order chi connectivity index (χ0) is 14.6. The minimum absolute atomic E-state index is 0.196. The molecule has 0 amide bonds. The maximum absolute atomic E-state index is 5.81. The van der Waals surface area contributed by atoms with Gasteiger partial charge < -0.3 is 10.1 Å². The van der Waals surface area contributed by atoms with Crippen LogP contribution in [0.3, 0.4) is 0 Å². The van der Waals surface area contributed by atoms with E-state index in [1.165, 1.54) is 16.3 Å². The van der Waals surface area contributed by atoms with Crippen LogP contribution in [-0.2, 0) is 4.74 Å². The third-order valence-electron chi connectivity index (χ3n) is 4.29. The van der Waals surface area contributed by atoms with Gasteiger partial charge in [0.15, 0.2) is 0 Å². The molecule has 2 aromatic rings. The first-order valence-electron chi connectivity index (χ1n) is 7.42. The van der Waals surface area contributed by atoms with Crippen LogP contribution in [0.25, 0.3) is 10.8 Å². The van der Waals surface area contributed by atoms with E-state index in [9.17, 15) is 0 Å². The zero-order valence-corrected chi connectivity index (χ0v) is 12.9. The highest BCUT2D eigenvalue weighted by Gasteiger charge is 2.33. The van der Waals surface area contributed by atoms with Crippen LogP contribution in [0.1, 0.15) is 38.8 Å². The molecule has 0 aliphatic heterocycles. The molecule has 0 heterocycles. The van der Waals surface area contributed by atoms with Crippen molar-refractivity contribution in [3.63, 3.8) is 0 Å². The Morgan fingerprint density at radius 3 is 2.40 bits per heavy atom. The fourth-order valence-corrected chi connectivity index (χ4v) is 2.74. The van der Waals surface area contributed by atoms with Gasteiger partial charge >= 0.3 is 0 Å². The highest BCUT2D eigenvalue weighted by molar-refractivity contribution is 5.83. The summed E-state index contributed by atoms with van der Waals surface area (Å²) in [5.74, 6) is 0. The van der Waals surface area contributed by atoms with Crippen molar-refractivity contribution in [2.24, 2.45) is 0 Å². The van der Waals surface area contributed by atoms with Gasteiger partial charge in [0.2, 0.25) is 0 Å². The summed E-state index contributed by atoms with van der Waals surface area (Å²) in [5, 5.41) is 6.14. The van der Waals surface area contributed by atoms with Crippen LogP contribution in [-0.4, -0.2) is 19.3 Å². The van der Waals surface area contributed by atoms with Crippen LogP contribution < -0.4 is 5.32 Å². The number of benzene rings is 2. The lowest BCUT2D eigenvalue weighted by Gasteiger charge is -2.36. The summed E-state index contributed by atoms with van der Waals surface area (Å²) in [6, 6.07) is 15.4. The summed E-state index contributed by atoms with van der Waals surface area (Å²) < 4.78 is 5.81. The molecule has 2 unspecified atom stereocenters. The number of fused-ring (bicyclic) bond motifs is 1. The van der Waals surface area contributed by atoms with E-state index in [1.807, 2.05) is 0 Å². The molecule has 0 aromatic heterocycles. The van der Waals surface area contributed by atoms with E-state index >= 15 is 0 Å². The Hall–Kier alpha value is -1.38. The fraction of sp³-hybridized carbons (Fsp3) is 0.444. The third-order valence-corrected chi connectivity index (χ3v) is 4.29. The average Bonchev–Trinajstić information content (AvgIpc) is 2.51. The fourth-order valence-electron chi connectivity index (χ4n) is 2.74. The maximum Gasteiger partial charge on any atom is 0.0841 e. The van der Waals surface area contributed by atoms with Gasteiger partial charge in [-0.2, -0.15) is 0 Å². The van der Waals surface area contributed by atoms with Crippen molar-refractivity contribution in [1.82, 2.24) is 5.32 Å². The normalized spacial score (nSPS) is 16.0. The molecule has 0 radical (unpaired) electrons. The van der Waals surface area contributed by atoms with Crippen molar-refractivity contribution in [3.8, 4) is 0 Å². The minimum Gasteiger partial charge on any atom is -0.377 e. The van der Waals surface area contributed by atoms with E-state index in [1.54, 1.807) is 7.11 Å². The summed E-state index contributed by atoms with van der Waals surface area (Å²) >= 11 is 0. The second kappa shape index (κ2) is 6.38. The topological polar surface area (TPSA) is 21.3 Å². The molecule has 20 heavy (non-hydrogen) atoms. The summed E-state index contributed by atoms with van der Waals surface area (Å²) in [6.07, 6.45) is 0.966. The largest absolute Gasteiger partial charge is 0.377 e. The Labute approximate surface area is 122 Å². The molecule has 0 saturated heterocycles. The summed E-state index contributed by atoms with van der Waals surface area (Å²) in [7, 11) is 1.80. The predicted molar refractivity (Wildman–Crippen MR) is 86.1 cm³/mol. The maximum atomic E-state index is 5.81. The molecule has 0 fully saturated rings. The van der Waals surface area contributed by atoms with Crippen LogP contribution in [0.15, 0.2) is 42.5 Å². The van der Waals surface area contributed by atoms with E-state index in [0.717, 1.165) is 13.0 Å². The van der Waals surface area contributed by atoms with E-state index < -0.39 is 0 Å². The number of rotatable bonds is 6. The predicted octanol–water partition coefficient (Wildman–Crippen LogP) is 4.31. The van der Waals surface area contributed by atoms with E-state index in [2.05, 4.69) is 68.6 Å². The van der Waals surface area contributed by atoms with Crippen molar-refractivity contribution in [2.45, 2.75) is 38.8 Å². The van der Waals surface area contributed by atoms with E-state index in [-0.39, 0.29) is 11.6 Å². The van der Waals surface area contributed by atoms with Gasteiger partial charge in [0.1, 0.15) is 0 Å². The molecule has 2 nitrogen and oxygen atoms in total. The molecule has 2 atom stereocenters. The molecule has 1 N–H and O–H groups in total. The van der Waals surface area contributed by atoms with Gasteiger partial charge in [-0.05, 0) is 42.3 Å². The van der Waals surface area contributed by atoms with Crippen molar-refractivity contribution >= 4 is 10.8 Å². The third kappa shape index (κ3) is 2.87. The number of hydrogen-bond acceptors (Lipinski definition) is 2. The molecule has 2 rings (SSSR count). The van der Waals surface area contributed by atoms with E-state index in [0.29, 0.717) is 0 Å². The number of nitrogens with one attached hydrogen (secondary N) is 1. The monoisotopic (exact) mass is 271 g/mol. The molecule has 0 spiro atoms. The lowest BCUT2D eigenvalue weighted by Crippen LogP contribution is -2.42. The Balaban J connectivity index is 2.45. The second-order valence-corrected chi connectivity index (χ2v) is 5.47. The molecule has 0 aliphatic rings. The summed E-state index contributed by atoms with van der Waals surface area (Å²) in [6.45, 7) is 7.42. The van der Waals surface area contributed by atoms with Crippen molar-refractivity contribution in [3.05, 3.63) is 48.0 Å². The smallest absolute Gasteiger partial charge is 0.0841 e. The molecule has 2 aromatic carbocycles. The summed E-state index contributed by atoms with van der Waals surface area (Å²) in [5.41, 5.74) is 1.09. The van der Waals surface area contributed by atoms with Gasteiger partial charge in [-0.1, -0.05) is 50.2 Å². The molecule has 0 bridgehead atoms. The molecular weight excluding hydrogens is 246 g/mol. The number of likely N-dealkylation sites (N-methyl/N-ethyl adjacent to an activating group) is 1. The van der Waals surface area contributed by atoms with Crippen molar-refractivity contribution < 1.29 is 4.74 Å². The Morgan fingerprint density at radius 1 is 1.10 bits per heavy atom. The second-order valence-electron chi connectivity index (χ2n) is 5.47. The number of hydrogen-bond donors (Lipinski definition) is 1. The molecule has 0 aliphatic carbocycles. The van der Waals surface area contributed by atoms with Crippen LogP contribution >= 0.6 is 0 Å².